The topological polar surface area (TPSA) is 110 Å². The molecule has 0 saturated heterocycles. The van der Waals surface area contributed by atoms with Crippen LogP contribution >= 0.6 is 22.7 Å². The Morgan fingerprint density at radius 2 is 1.29 bits per heavy atom. The number of carbonyl (C=O) groups excluding carboxylic acids is 2. The van der Waals surface area contributed by atoms with Gasteiger partial charge in [0.25, 0.3) is 0 Å². The van der Waals surface area contributed by atoms with Gasteiger partial charge in [-0.05, 0) is 24.7 Å². The zero-order valence-corrected chi connectivity index (χ0v) is 14.9. The summed E-state index contributed by atoms with van der Waals surface area (Å²) in [5.41, 5.74) is 0. The summed E-state index contributed by atoms with van der Waals surface area (Å²) in [4.78, 5) is 21.1. The zero-order chi connectivity index (χ0) is 17.1. The van der Waals surface area contributed by atoms with Crippen molar-refractivity contribution in [2.75, 3.05) is 10.6 Å². The maximum atomic E-state index is 10.5. The fourth-order valence-corrected chi connectivity index (χ4v) is 5.22. The average molecular weight is 366 g/mol. The Bertz CT molecular complexity index is 659. The fourth-order valence-electron chi connectivity index (χ4n) is 3.33. The van der Waals surface area contributed by atoms with Gasteiger partial charge in [-0.1, -0.05) is 36.5 Å². The largest absolute Gasteiger partial charge is 0.303 e. The predicted molar refractivity (Wildman–Crippen MR) is 92.2 cm³/mol. The fraction of sp³-hybridized carbons (Fsp3) is 0.571. The van der Waals surface area contributed by atoms with Crippen molar-refractivity contribution < 1.29 is 9.59 Å². The lowest BCUT2D eigenvalue weighted by Gasteiger charge is -2.36. The van der Waals surface area contributed by atoms with Crippen LogP contribution in [0.1, 0.15) is 48.5 Å². The van der Waals surface area contributed by atoms with Crippen LogP contribution in [-0.2, 0) is 9.59 Å². The first-order valence-electron chi connectivity index (χ1n) is 7.69. The van der Waals surface area contributed by atoms with Gasteiger partial charge in [0.05, 0.1) is 0 Å². The summed E-state index contributed by atoms with van der Waals surface area (Å²) in [6.07, 6.45) is 3.19. The number of hydrogen-bond donors (Lipinski definition) is 2. The molecule has 10 heteroatoms. The van der Waals surface area contributed by atoms with Gasteiger partial charge in [-0.3, -0.25) is 9.59 Å². The van der Waals surface area contributed by atoms with Crippen LogP contribution in [0, 0.1) is 11.8 Å². The van der Waals surface area contributed by atoms with E-state index < -0.39 is 0 Å². The van der Waals surface area contributed by atoms with Crippen molar-refractivity contribution in [3.63, 3.8) is 0 Å². The van der Waals surface area contributed by atoms with Gasteiger partial charge in [0.1, 0.15) is 10.0 Å². The van der Waals surface area contributed by atoms with Crippen LogP contribution in [0.2, 0.25) is 0 Å². The molecule has 0 aliphatic heterocycles. The molecule has 2 heterocycles. The normalized spacial score (nSPS) is 26.8. The number of rotatable bonds is 6. The van der Waals surface area contributed by atoms with Gasteiger partial charge in [0.15, 0.2) is 0 Å². The van der Waals surface area contributed by atoms with E-state index in [0.29, 0.717) is 34.9 Å². The maximum Gasteiger partial charge on any atom is 0.213 e. The summed E-state index contributed by atoms with van der Waals surface area (Å²) < 4.78 is 0. The van der Waals surface area contributed by atoms with Gasteiger partial charge in [0.2, 0.25) is 23.1 Å². The van der Waals surface area contributed by atoms with Gasteiger partial charge in [-0.2, -0.15) is 0 Å². The van der Waals surface area contributed by atoms with E-state index in [9.17, 15) is 9.59 Å². The van der Waals surface area contributed by atoms with E-state index in [-0.39, 0.29) is 11.8 Å². The van der Waals surface area contributed by atoms with E-state index in [2.05, 4.69) is 44.9 Å². The molecule has 1 aliphatic carbocycles. The molecule has 2 amide bonds. The van der Waals surface area contributed by atoms with Crippen LogP contribution in [0.25, 0.3) is 0 Å². The molecule has 1 fully saturated rings. The Hall–Kier alpha value is -1.94. The smallest absolute Gasteiger partial charge is 0.213 e. The molecule has 128 valence electrons. The van der Waals surface area contributed by atoms with Crippen molar-refractivity contribution in [3.8, 4) is 0 Å². The lowest BCUT2D eigenvalue weighted by atomic mass is 9.70. The minimum absolute atomic E-state index is 0.275. The third-order valence-corrected chi connectivity index (χ3v) is 6.48. The molecular weight excluding hydrogens is 348 g/mol. The lowest BCUT2D eigenvalue weighted by Crippen LogP contribution is -2.26. The number of nitrogens with zero attached hydrogens (tertiary/aromatic N) is 4. The summed E-state index contributed by atoms with van der Waals surface area (Å²) in [6.45, 7) is 4.45. The Morgan fingerprint density at radius 1 is 0.833 bits per heavy atom. The van der Waals surface area contributed by atoms with Crippen LogP contribution in [0.3, 0.4) is 0 Å². The van der Waals surface area contributed by atoms with Gasteiger partial charge in [-0.15, -0.1) is 20.4 Å². The standard InChI is InChI=1S/C14H18N6O2S2/c1-7-3-8(2)10(12-18-20-14(24-12)16-6-22)4-9(7)11-17-19-13(23-11)15-5-21/h5-10H,3-4H2,1-2H3,(H,15,19,21)(H,16,20,22). The zero-order valence-electron chi connectivity index (χ0n) is 13.3. The number of anilines is 2. The Morgan fingerprint density at radius 3 is 1.71 bits per heavy atom. The minimum Gasteiger partial charge on any atom is -0.303 e. The summed E-state index contributed by atoms with van der Waals surface area (Å²) in [5, 5.41) is 24.6. The Kier molecular flexibility index (Phi) is 5.14. The van der Waals surface area contributed by atoms with Crippen LogP contribution in [0.4, 0.5) is 10.3 Å². The molecule has 2 N–H and O–H groups in total. The first kappa shape index (κ1) is 16.9. The Labute approximate surface area is 147 Å². The second-order valence-corrected chi connectivity index (χ2v) is 8.07. The van der Waals surface area contributed by atoms with E-state index >= 15 is 0 Å². The first-order valence-corrected chi connectivity index (χ1v) is 9.32. The van der Waals surface area contributed by atoms with E-state index in [0.717, 1.165) is 22.9 Å². The van der Waals surface area contributed by atoms with Gasteiger partial charge >= 0.3 is 0 Å². The van der Waals surface area contributed by atoms with Crippen molar-refractivity contribution >= 4 is 45.8 Å². The number of aromatic nitrogens is 4. The van der Waals surface area contributed by atoms with E-state index in [1.165, 1.54) is 22.7 Å². The highest BCUT2D eigenvalue weighted by atomic mass is 32.1. The molecule has 2 aromatic heterocycles. The van der Waals surface area contributed by atoms with Crippen molar-refractivity contribution in [2.45, 2.75) is 38.5 Å². The molecule has 0 radical (unpaired) electrons. The first-order chi connectivity index (χ1) is 11.6. The SMILES string of the molecule is CC1CC(C)C(c2nnc(NC=O)s2)CC1c1nnc(NC=O)s1. The van der Waals surface area contributed by atoms with Crippen molar-refractivity contribution in [1.29, 1.82) is 0 Å². The molecule has 3 rings (SSSR count). The van der Waals surface area contributed by atoms with Crippen LogP contribution < -0.4 is 10.6 Å². The van der Waals surface area contributed by atoms with Gasteiger partial charge in [0, 0.05) is 11.8 Å². The highest BCUT2D eigenvalue weighted by Gasteiger charge is 2.37. The number of nitrogens with one attached hydrogen (secondary N) is 2. The van der Waals surface area contributed by atoms with Crippen molar-refractivity contribution in [2.24, 2.45) is 11.8 Å². The number of hydrogen-bond acceptors (Lipinski definition) is 8. The molecule has 24 heavy (non-hydrogen) atoms. The molecule has 2 aromatic rings. The monoisotopic (exact) mass is 366 g/mol. The van der Waals surface area contributed by atoms with Crippen molar-refractivity contribution in [3.05, 3.63) is 10.0 Å². The molecule has 0 spiro atoms. The molecule has 0 bridgehead atoms. The molecule has 0 aromatic carbocycles. The molecule has 1 saturated carbocycles. The van der Waals surface area contributed by atoms with Crippen LogP contribution in [-0.4, -0.2) is 33.2 Å². The summed E-state index contributed by atoms with van der Waals surface area (Å²) in [7, 11) is 0. The summed E-state index contributed by atoms with van der Waals surface area (Å²) in [5.74, 6) is 1.51. The van der Waals surface area contributed by atoms with E-state index in [4.69, 9.17) is 0 Å². The number of carbonyl (C=O) groups is 2. The maximum absolute atomic E-state index is 10.5. The molecule has 1 aliphatic rings. The van der Waals surface area contributed by atoms with E-state index in [1.54, 1.807) is 0 Å². The highest BCUT2D eigenvalue weighted by molar-refractivity contribution is 7.15. The molecule has 8 nitrogen and oxygen atoms in total. The predicted octanol–water partition coefficient (Wildman–Crippen LogP) is 2.46. The summed E-state index contributed by atoms with van der Waals surface area (Å²) in [6, 6.07) is 0. The van der Waals surface area contributed by atoms with Gasteiger partial charge in [-0.25, -0.2) is 0 Å². The molecular formula is C14H18N6O2S2. The molecule has 4 atom stereocenters. The number of amides is 2. The van der Waals surface area contributed by atoms with Gasteiger partial charge < -0.3 is 10.6 Å². The average Bonchev–Trinajstić information content (AvgIpc) is 3.18. The second-order valence-electron chi connectivity index (χ2n) is 6.05. The second kappa shape index (κ2) is 7.31. The van der Waals surface area contributed by atoms with Crippen LogP contribution in [0.5, 0.6) is 0 Å². The minimum atomic E-state index is 0.275. The third kappa shape index (κ3) is 3.44. The quantitative estimate of drug-likeness (QED) is 0.760. The third-order valence-electron chi connectivity index (χ3n) is 4.51. The molecule has 4 unspecified atom stereocenters. The Balaban J connectivity index is 1.80. The van der Waals surface area contributed by atoms with E-state index in [1.807, 2.05) is 0 Å². The summed E-state index contributed by atoms with van der Waals surface area (Å²) >= 11 is 2.85. The lowest BCUT2D eigenvalue weighted by molar-refractivity contribution is -0.106. The van der Waals surface area contributed by atoms with Crippen LogP contribution in [0.15, 0.2) is 0 Å². The van der Waals surface area contributed by atoms with Crippen molar-refractivity contribution in [1.82, 2.24) is 20.4 Å². The highest BCUT2D eigenvalue weighted by Crippen LogP contribution is 2.49.